The smallest absolute Gasteiger partial charge is 0.315 e. The SMILES string of the molecule is O=[N+]([O-])c1cccc(Oc2ccccc2)c1Oc1ccccc1. The van der Waals surface area contributed by atoms with Crippen LogP contribution in [0, 0.1) is 10.1 Å². The van der Waals surface area contributed by atoms with E-state index in [1.54, 1.807) is 48.5 Å². The molecule has 0 aromatic heterocycles. The fraction of sp³-hybridized carbons (Fsp3) is 0. The summed E-state index contributed by atoms with van der Waals surface area (Å²) in [5, 5.41) is 11.3. The van der Waals surface area contributed by atoms with E-state index in [-0.39, 0.29) is 17.2 Å². The Morgan fingerprint density at radius 1 is 0.696 bits per heavy atom. The number of ether oxygens (including phenoxy) is 2. The largest absolute Gasteiger partial charge is 0.453 e. The first-order chi connectivity index (χ1) is 11.2. The molecule has 0 N–H and O–H groups in total. The van der Waals surface area contributed by atoms with Gasteiger partial charge in [-0.05, 0) is 30.3 Å². The van der Waals surface area contributed by atoms with Crippen molar-refractivity contribution >= 4 is 5.69 Å². The normalized spacial score (nSPS) is 10.1. The van der Waals surface area contributed by atoms with Gasteiger partial charge in [-0.25, -0.2) is 0 Å². The summed E-state index contributed by atoms with van der Waals surface area (Å²) in [6.45, 7) is 0. The molecular formula is C18H13NO4. The lowest BCUT2D eigenvalue weighted by Crippen LogP contribution is -1.96. The number of nitrogens with zero attached hydrogens (tertiary/aromatic N) is 1. The van der Waals surface area contributed by atoms with Crippen LogP contribution in [0.5, 0.6) is 23.0 Å². The van der Waals surface area contributed by atoms with Gasteiger partial charge < -0.3 is 9.47 Å². The number of nitro groups is 1. The van der Waals surface area contributed by atoms with Gasteiger partial charge in [-0.2, -0.15) is 0 Å². The molecule has 114 valence electrons. The minimum absolute atomic E-state index is 0.0764. The van der Waals surface area contributed by atoms with Crippen molar-refractivity contribution in [1.29, 1.82) is 0 Å². The molecule has 0 saturated carbocycles. The van der Waals surface area contributed by atoms with Crippen molar-refractivity contribution in [3.63, 3.8) is 0 Å². The van der Waals surface area contributed by atoms with Gasteiger partial charge in [-0.15, -0.1) is 0 Å². The third kappa shape index (κ3) is 3.47. The van der Waals surface area contributed by atoms with Crippen molar-refractivity contribution in [1.82, 2.24) is 0 Å². The second kappa shape index (κ2) is 6.62. The lowest BCUT2D eigenvalue weighted by Gasteiger charge is -2.12. The first-order valence-corrected chi connectivity index (χ1v) is 6.97. The molecule has 23 heavy (non-hydrogen) atoms. The van der Waals surface area contributed by atoms with E-state index in [4.69, 9.17) is 9.47 Å². The van der Waals surface area contributed by atoms with Crippen LogP contribution in [0.1, 0.15) is 0 Å². The Hall–Kier alpha value is -3.34. The summed E-state index contributed by atoms with van der Waals surface area (Å²) < 4.78 is 11.5. The number of hydrogen-bond acceptors (Lipinski definition) is 4. The number of rotatable bonds is 5. The molecule has 0 saturated heterocycles. The molecule has 0 unspecified atom stereocenters. The van der Waals surface area contributed by atoms with Crippen LogP contribution in [0.3, 0.4) is 0 Å². The summed E-state index contributed by atoms with van der Waals surface area (Å²) in [6, 6.07) is 22.5. The van der Waals surface area contributed by atoms with Gasteiger partial charge in [0.25, 0.3) is 0 Å². The highest BCUT2D eigenvalue weighted by Gasteiger charge is 2.21. The van der Waals surface area contributed by atoms with Crippen LogP contribution in [0.15, 0.2) is 78.9 Å². The van der Waals surface area contributed by atoms with E-state index in [0.717, 1.165) is 0 Å². The highest BCUT2D eigenvalue weighted by atomic mass is 16.6. The number of nitro benzene ring substituents is 1. The Labute approximate surface area is 132 Å². The van der Waals surface area contributed by atoms with Crippen molar-refractivity contribution in [2.75, 3.05) is 0 Å². The van der Waals surface area contributed by atoms with E-state index in [9.17, 15) is 10.1 Å². The van der Waals surface area contributed by atoms with Crippen LogP contribution in [-0.2, 0) is 0 Å². The van der Waals surface area contributed by atoms with Crippen molar-refractivity contribution in [2.45, 2.75) is 0 Å². The first kappa shape index (κ1) is 14.6. The van der Waals surface area contributed by atoms with Crippen LogP contribution < -0.4 is 9.47 Å². The van der Waals surface area contributed by atoms with E-state index in [1.807, 2.05) is 24.3 Å². The molecule has 0 bridgehead atoms. The lowest BCUT2D eigenvalue weighted by atomic mass is 10.2. The summed E-state index contributed by atoms with van der Waals surface area (Å²) in [7, 11) is 0. The maximum Gasteiger partial charge on any atom is 0.315 e. The molecule has 3 rings (SSSR count). The highest BCUT2D eigenvalue weighted by Crippen LogP contribution is 2.41. The predicted molar refractivity (Wildman–Crippen MR) is 86.1 cm³/mol. The van der Waals surface area contributed by atoms with Crippen LogP contribution in [-0.4, -0.2) is 4.92 Å². The fourth-order valence-corrected chi connectivity index (χ4v) is 2.05. The van der Waals surface area contributed by atoms with Crippen LogP contribution in [0.4, 0.5) is 5.69 Å². The van der Waals surface area contributed by atoms with Crippen LogP contribution >= 0.6 is 0 Å². The standard InChI is InChI=1S/C18H13NO4/c20-19(21)16-12-7-13-17(22-14-8-3-1-4-9-14)18(16)23-15-10-5-2-6-11-15/h1-13H. The summed E-state index contributed by atoms with van der Waals surface area (Å²) in [5.41, 5.74) is -0.151. The fourth-order valence-electron chi connectivity index (χ4n) is 2.05. The monoisotopic (exact) mass is 307 g/mol. The quantitative estimate of drug-likeness (QED) is 0.481. The molecule has 0 spiro atoms. The third-order valence-corrected chi connectivity index (χ3v) is 3.09. The van der Waals surface area contributed by atoms with E-state index in [0.29, 0.717) is 11.5 Å². The third-order valence-electron chi connectivity index (χ3n) is 3.09. The molecule has 3 aromatic carbocycles. The van der Waals surface area contributed by atoms with Gasteiger partial charge in [-0.3, -0.25) is 10.1 Å². The van der Waals surface area contributed by atoms with Gasteiger partial charge in [0, 0.05) is 6.07 Å². The number of benzene rings is 3. The Bertz CT molecular complexity index is 804. The maximum atomic E-state index is 11.3. The minimum atomic E-state index is -0.490. The Balaban J connectivity index is 2.01. The summed E-state index contributed by atoms with van der Waals surface area (Å²) in [4.78, 5) is 10.8. The van der Waals surface area contributed by atoms with Crippen LogP contribution in [0.25, 0.3) is 0 Å². The molecule has 3 aromatic rings. The molecule has 0 aliphatic heterocycles. The zero-order chi connectivity index (χ0) is 16.1. The molecule has 0 amide bonds. The minimum Gasteiger partial charge on any atom is -0.453 e. The van der Waals surface area contributed by atoms with Crippen LogP contribution in [0.2, 0.25) is 0 Å². The first-order valence-electron chi connectivity index (χ1n) is 6.97. The van der Waals surface area contributed by atoms with Crippen molar-refractivity contribution in [2.24, 2.45) is 0 Å². The van der Waals surface area contributed by atoms with Gasteiger partial charge in [-0.1, -0.05) is 42.5 Å². The van der Waals surface area contributed by atoms with Crippen molar-refractivity contribution < 1.29 is 14.4 Å². The molecule has 5 nitrogen and oxygen atoms in total. The predicted octanol–water partition coefficient (Wildman–Crippen LogP) is 5.18. The Kier molecular flexibility index (Phi) is 4.20. The number of para-hydroxylation sites is 3. The Morgan fingerprint density at radius 2 is 1.26 bits per heavy atom. The molecule has 0 aliphatic rings. The van der Waals surface area contributed by atoms with Gasteiger partial charge in [0.15, 0.2) is 5.75 Å². The topological polar surface area (TPSA) is 61.6 Å². The second-order valence-electron chi connectivity index (χ2n) is 4.69. The lowest BCUT2D eigenvalue weighted by molar-refractivity contribution is -0.385. The average Bonchev–Trinajstić information content (AvgIpc) is 2.58. The molecule has 0 fully saturated rings. The molecule has 0 atom stereocenters. The molecule has 0 heterocycles. The molecule has 0 radical (unpaired) electrons. The second-order valence-corrected chi connectivity index (χ2v) is 4.69. The van der Waals surface area contributed by atoms with Crippen molar-refractivity contribution in [3.8, 4) is 23.0 Å². The summed E-state index contributed by atoms with van der Waals surface area (Å²) >= 11 is 0. The highest BCUT2D eigenvalue weighted by molar-refractivity contribution is 5.58. The van der Waals surface area contributed by atoms with E-state index in [2.05, 4.69) is 0 Å². The summed E-state index contributed by atoms with van der Waals surface area (Å²) in [6.07, 6.45) is 0. The van der Waals surface area contributed by atoms with Gasteiger partial charge >= 0.3 is 5.69 Å². The zero-order valence-corrected chi connectivity index (χ0v) is 12.1. The Morgan fingerprint density at radius 3 is 1.83 bits per heavy atom. The van der Waals surface area contributed by atoms with Crippen molar-refractivity contribution in [3.05, 3.63) is 89.0 Å². The molecule has 5 heteroatoms. The van der Waals surface area contributed by atoms with E-state index in [1.165, 1.54) is 6.07 Å². The maximum absolute atomic E-state index is 11.3. The summed E-state index contributed by atoms with van der Waals surface area (Å²) in [5.74, 6) is 1.44. The van der Waals surface area contributed by atoms with Gasteiger partial charge in [0.2, 0.25) is 5.75 Å². The van der Waals surface area contributed by atoms with E-state index < -0.39 is 4.92 Å². The van der Waals surface area contributed by atoms with Gasteiger partial charge in [0.1, 0.15) is 11.5 Å². The average molecular weight is 307 g/mol. The number of hydrogen-bond donors (Lipinski definition) is 0. The molecule has 0 aliphatic carbocycles. The molecular weight excluding hydrogens is 294 g/mol. The zero-order valence-electron chi connectivity index (χ0n) is 12.1. The van der Waals surface area contributed by atoms with Gasteiger partial charge in [0.05, 0.1) is 4.92 Å². The van der Waals surface area contributed by atoms with E-state index >= 15 is 0 Å².